The highest BCUT2D eigenvalue weighted by atomic mass is 79.9. The molecule has 7 heteroatoms. The Balaban J connectivity index is 2.60. The van der Waals surface area contributed by atoms with Gasteiger partial charge in [-0.15, -0.1) is 0 Å². The molecule has 1 atom stereocenters. The summed E-state index contributed by atoms with van der Waals surface area (Å²) in [6.45, 7) is 6.97. The van der Waals surface area contributed by atoms with Crippen molar-refractivity contribution >= 4 is 21.6 Å². The van der Waals surface area contributed by atoms with Crippen LogP contribution in [0.2, 0.25) is 0 Å². The minimum atomic E-state index is -0.146. The Labute approximate surface area is 134 Å². The lowest BCUT2D eigenvalue weighted by atomic mass is 10.2. The van der Waals surface area contributed by atoms with Crippen LogP contribution in [0.15, 0.2) is 15.5 Å². The van der Waals surface area contributed by atoms with Crippen LogP contribution in [-0.2, 0) is 11.3 Å². The first-order chi connectivity index (χ1) is 10.0. The molecule has 0 aliphatic heterocycles. The number of nitrogens with zero attached hydrogens (tertiary/aromatic N) is 3. The molecule has 0 aliphatic carbocycles. The lowest BCUT2D eigenvalue weighted by molar-refractivity contribution is 0.181. The number of aromatic nitrogens is 2. The van der Waals surface area contributed by atoms with Crippen molar-refractivity contribution in [1.29, 1.82) is 0 Å². The van der Waals surface area contributed by atoms with Gasteiger partial charge in [0.15, 0.2) is 0 Å². The highest BCUT2D eigenvalue weighted by molar-refractivity contribution is 9.10. The van der Waals surface area contributed by atoms with Crippen LogP contribution in [0.5, 0.6) is 0 Å². The van der Waals surface area contributed by atoms with Gasteiger partial charge in [-0.1, -0.05) is 6.92 Å². The van der Waals surface area contributed by atoms with E-state index < -0.39 is 0 Å². The molecule has 21 heavy (non-hydrogen) atoms. The molecule has 1 unspecified atom stereocenters. The third kappa shape index (κ3) is 5.41. The number of anilines is 1. The predicted octanol–water partition coefficient (Wildman–Crippen LogP) is 1.79. The average molecular weight is 361 g/mol. The van der Waals surface area contributed by atoms with Crippen molar-refractivity contribution in [1.82, 2.24) is 14.7 Å². The van der Waals surface area contributed by atoms with Crippen LogP contribution in [0, 0.1) is 0 Å². The summed E-state index contributed by atoms with van der Waals surface area (Å²) in [5, 5.41) is 7.40. The fourth-order valence-electron chi connectivity index (χ4n) is 1.82. The molecular weight excluding hydrogens is 336 g/mol. The monoisotopic (exact) mass is 360 g/mol. The minimum Gasteiger partial charge on any atom is -0.383 e. The maximum Gasteiger partial charge on any atom is 0.283 e. The molecule has 120 valence electrons. The quantitative estimate of drug-likeness (QED) is 0.727. The van der Waals surface area contributed by atoms with E-state index >= 15 is 0 Å². The van der Waals surface area contributed by atoms with Gasteiger partial charge in [-0.3, -0.25) is 4.79 Å². The summed E-state index contributed by atoms with van der Waals surface area (Å²) in [5.74, 6) is 0. The summed E-state index contributed by atoms with van der Waals surface area (Å²) < 4.78 is 6.87. The van der Waals surface area contributed by atoms with Gasteiger partial charge in [-0.25, -0.2) is 4.68 Å². The molecule has 0 saturated carbocycles. The van der Waals surface area contributed by atoms with Crippen molar-refractivity contribution in [3.63, 3.8) is 0 Å². The molecule has 0 fully saturated rings. The van der Waals surface area contributed by atoms with Crippen LogP contribution in [-0.4, -0.2) is 54.6 Å². The molecule has 0 aromatic carbocycles. The fraction of sp³-hybridized carbons (Fsp3) is 0.714. The van der Waals surface area contributed by atoms with E-state index in [1.54, 1.807) is 13.3 Å². The zero-order valence-corrected chi connectivity index (χ0v) is 14.8. The summed E-state index contributed by atoms with van der Waals surface area (Å²) in [5.41, 5.74) is 0.582. The highest BCUT2D eigenvalue weighted by Crippen LogP contribution is 2.15. The standard InChI is InChI=1S/C14H25BrN4O2/c1-5-11(2)18(3)7-6-16-12-10-17-19(8-9-21-4)14(20)13(12)15/h10-11,16H,5-9H2,1-4H3. The van der Waals surface area contributed by atoms with Crippen LogP contribution in [0.3, 0.4) is 0 Å². The van der Waals surface area contributed by atoms with Gasteiger partial charge in [0, 0.05) is 26.2 Å². The van der Waals surface area contributed by atoms with Crippen LogP contribution in [0.1, 0.15) is 20.3 Å². The van der Waals surface area contributed by atoms with Gasteiger partial charge in [0.1, 0.15) is 4.47 Å². The van der Waals surface area contributed by atoms with E-state index in [-0.39, 0.29) is 5.56 Å². The molecular formula is C14H25BrN4O2. The molecule has 0 amide bonds. The molecule has 1 rings (SSSR count). The SMILES string of the molecule is CCC(C)N(C)CCNc1cnn(CCOC)c(=O)c1Br. The molecule has 0 radical (unpaired) electrons. The molecule has 1 heterocycles. The number of likely N-dealkylation sites (N-methyl/N-ethyl adjacent to an activating group) is 1. The first-order valence-corrected chi connectivity index (χ1v) is 7.99. The van der Waals surface area contributed by atoms with E-state index in [1.807, 2.05) is 0 Å². The van der Waals surface area contributed by atoms with Gasteiger partial charge in [0.25, 0.3) is 5.56 Å². The van der Waals surface area contributed by atoms with Gasteiger partial charge < -0.3 is 15.0 Å². The van der Waals surface area contributed by atoms with Gasteiger partial charge >= 0.3 is 0 Å². The first kappa shape index (κ1) is 18.1. The van der Waals surface area contributed by atoms with E-state index in [4.69, 9.17) is 4.74 Å². The number of hydrogen-bond donors (Lipinski definition) is 1. The second kappa shape index (κ2) is 9.17. The van der Waals surface area contributed by atoms with E-state index in [0.717, 1.165) is 25.2 Å². The van der Waals surface area contributed by atoms with Crippen molar-refractivity contribution in [2.45, 2.75) is 32.9 Å². The van der Waals surface area contributed by atoms with Crippen molar-refractivity contribution in [3.8, 4) is 0 Å². The lowest BCUT2D eigenvalue weighted by Gasteiger charge is -2.23. The van der Waals surface area contributed by atoms with Crippen LogP contribution >= 0.6 is 15.9 Å². The summed E-state index contributed by atoms with van der Waals surface area (Å²) in [7, 11) is 3.70. The molecule has 0 saturated heterocycles. The average Bonchev–Trinajstić information content (AvgIpc) is 2.49. The zero-order valence-electron chi connectivity index (χ0n) is 13.2. The topological polar surface area (TPSA) is 59.4 Å². The maximum atomic E-state index is 12.1. The lowest BCUT2D eigenvalue weighted by Crippen LogP contribution is -2.33. The van der Waals surface area contributed by atoms with Crippen molar-refractivity contribution in [3.05, 3.63) is 21.0 Å². The highest BCUT2D eigenvalue weighted by Gasteiger charge is 2.10. The van der Waals surface area contributed by atoms with Crippen molar-refractivity contribution in [2.75, 3.05) is 39.2 Å². The number of nitrogens with one attached hydrogen (secondary N) is 1. The summed E-state index contributed by atoms with van der Waals surface area (Å²) in [6, 6.07) is 0.551. The number of methoxy groups -OCH3 is 1. The molecule has 1 N–H and O–H groups in total. The number of rotatable bonds is 9. The number of hydrogen-bond acceptors (Lipinski definition) is 5. The Bertz CT molecular complexity index is 492. The third-order valence-corrected chi connectivity index (χ3v) is 4.38. The molecule has 0 bridgehead atoms. The van der Waals surface area contributed by atoms with Crippen LogP contribution < -0.4 is 10.9 Å². The van der Waals surface area contributed by atoms with E-state index in [2.05, 4.69) is 52.1 Å². The number of halogens is 1. The normalized spacial score (nSPS) is 12.7. The van der Waals surface area contributed by atoms with Crippen molar-refractivity contribution in [2.24, 2.45) is 0 Å². The predicted molar refractivity (Wildman–Crippen MR) is 88.9 cm³/mol. The summed E-state index contributed by atoms with van der Waals surface area (Å²) in [6.07, 6.45) is 2.79. The summed E-state index contributed by atoms with van der Waals surface area (Å²) in [4.78, 5) is 14.4. The molecule has 1 aromatic heterocycles. The van der Waals surface area contributed by atoms with Crippen LogP contribution in [0.25, 0.3) is 0 Å². The Morgan fingerprint density at radius 1 is 1.57 bits per heavy atom. The molecule has 0 spiro atoms. The Kier molecular flexibility index (Phi) is 7.92. The molecule has 6 nitrogen and oxygen atoms in total. The van der Waals surface area contributed by atoms with Gasteiger partial charge in [-0.05, 0) is 36.3 Å². The third-order valence-electron chi connectivity index (χ3n) is 3.62. The first-order valence-electron chi connectivity index (χ1n) is 7.19. The Hall–Kier alpha value is -0.920. The van der Waals surface area contributed by atoms with Crippen molar-refractivity contribution < 1.29 is 4.74 Å². The largest absolute Gasteiger partial charge is 0.383 e. The second-order valence-electron chi connectivity index (χ2n) is 5.06. The zero-order chi connectivity index (χ0) is 15.8. The number of ether oxygens (including phenoxy) is 1. The maximum absolute atomic E-state index is 12.1. The summed E-state index contributed by atoms with van der Waals surface area (Å²) >= 11 is 3.34. The second-order valence-corrected chi connectivity index (χ2v) is 5.85. The van der Waals surface area contributed by atoms with Gasteiger partial charge in [-0.2, -0.15) is 5.10 Å². The Morgan fingerprint density at radius 2 is 2.29 bits per heavy atom. The molecule has 0 aliphatic rings. The van der Waals surface area contributed by atoms with E-state index in [0.29, 0.717) is 23.7 Å². The van der Waals surface area contributed by atoms with Gasteiger partial charge in [0.05, 0.1) is 25.0 Å². The Morgan fingerprint density at radius 3 is 2.90 bits per heavy atom. The fourth-order valence-corrected chi connectivity index (χ4v) is 2.27. The van der Waals surface area contributed by atoms with E-state index in [1.165, 1.54) is 4.68 Å². The minimum absolute atomic E-state index is 0.146. The van der Waals surface area contributed by atoms with Gasteiger partial charge in [0.2, 0.25) is 0 Å². The smallest absolute Gasteiger partial charge is 0.283 e. The van der Waals surface area contributed by atoms with Crippen LogP contribution in [0.4, 0.5) is 5.69 Å². The van der Waals surface area contributed by atoms with E-state index in [9.17, 15) is 4.79 Å². The molecule has 1 aromatic rings.